The van der Waals surface area contributed by atoms with Crippen LogP contribution < -0.4 is 0 Å². The summed E-state index contributed by atoms with van der Waals surface area (Å²) in [6.45, 7) is 4.55. The van der Waals surface area contributed by atoms with Crippen molar-refractivity contribution >= 4 is 10.9 Å². The van der Waals surface area contributed by atoms with Gasteiger partial charge in [0.1, 0.15) is 6.07 Å². The lowest BCUT2D eigenvalue weighted by molar-refractivity contribution is 0.271. The zero-order chi connectivity index (χ0) is 17.9. The third-order valence-corrected chi connectivity index (χ3v) is 5.19. The molecule has 2 aromatic heterocycles. The number of hydrogen-bond donors (Lipinski definition) is 0. The Morgan fingerprint density at radius 3 is 2.88 bits per heavy atom. The summed E-state index contributed by atoms with van der Waals surface area (Å²) in [4.78, 5) is 6.66. The van der Waals surface area contributed by atoms with Crippen molar-refractivity contribution in [2.45, 2.75) is 32.2 Å². The number of benzene rings is 1. The van der Waals surface area contributed by atoms with E-state index in [-0.39, 0.29) is 0 Å². The highest BCUT2D eigenvalue weighted by atomic mass is 15.2. The van der Waals surface area contributed by atoms with Gasteiger partial charge in [0.15, 0.2) is 0 Å². The molecule has 26 heavy (non-hydrogen) atoms. The fraction of sp³-hybridized carbons (Fsp3) is 0.333. The molecule has 1 aliphatic rings. The Balaban J connectivity index is 1.55. The topological polar surface area (TPSA) is 65.7 Å². The number of aromatic nitrogens is 3. The van der Waals surface area contributed by atoms with Crippen LogP contribution in [0.25, 0.3) is 22.0 Å². The predicted molar refractivity (Wildman–Crippen MR) is 101 cm³/mol. The summed E-state index contributed by atoms with van der Waals surface area (Å²) < 4.78 is 0. The highest BCUT2D eigenvalue weighted by molar-refractivity contribution is 5.84. The van der Waals surface area contributed by atoms with Gasteiger partial charge in [-0.25, -0.2) is 0 Å². The van der Waals surface area contributed by atoms with Gasteiger partial charge in [0.25, 0.3) is 0 Å². The quantitative estimate of drug-likeness (QED) is 0.724. The summed E-state index contributed by atoms with van der Waals surface area (Å²) in [5, 5.41) is 19.0. The summed E-state index contributed by atoms with van der Waals surface area (Å²) in [5.74, 6) is 0. The lowest BCUT2D eigenvalue weighted by Gasteiger charge is -2.20. The molecule has 0 unspecified atom stereocenters. The highest BCUT2D eigenvalue weighted by Gasteiger charge is 2.19. The van der Waals surface area contributed by atoms with Gasteiger partial charge < -0.3 is 4.90 Å². The van der Waals surface area contributed by atoms with Gasteiger partial charge in [-0.15, -0.1) is 0 Å². The zero-order valence-corrected chi connectivity index (χ0v) is 14.9. The van der Waals surface area contributed by atoms with Crippen LogP contribution in [0.2, 0.25) is 0 Å². The standard InChI is InChI=1S/C21H21N5/c1-15-3-2-7-26(15)8-6-20-10-18-5-4-17(11-21(18)25-24-20)19-9-16(12-22)13-23-14-19/h4-5,9-11,13-15H,2-3,6-8H2,1H3/t15-/m1/s1. The summed E-state index contributed by atoms with van der Waals surface area (Å²) in [5.41, 5.74) is 4.37. The Bertz CT molecular complexity index is 976. The minimum Gasteiger partial charge on any atom is -0.300 e. The summed E-state index contributed by atoms with van der Waals surface area (Å²) in [6.07, 6.45) is 6.87. The van der Waals surface area contributed by atoms with Crippen LogP contribution in [0.15, 0.2) is 42.7 Å². The molecule has 1 aliphatic heterocycles. The van der Waals surface area contributed by atoms with Crippen LogP contribution in [0.4, 0.5) is 0 Å². The third-order valence-electron chi connectivity index (χ3n) is 5.19. The second-order valence-electron chi connectivity index (χ2n) is 6.96. The van der Waals surface area contributed by atoms with E-state index >= 15 is 0 Å². The first kappa shape index (κ1) is 16.6. The fourth-order valence-corrected chi connectivity index (χ4v) is 3.62. The molecular formula is C21H21N5. The SMILES string of the molecule is C[C@@H]1CCCN1CCc1cc2ccc(-c3cncc(C#N)c3)cc2nn1. The number of nitriles is 1. The van der Waals surface area contributed by atoms with Crippen LogP contribution in [-0.4, -0.2) is 39.2 Å². The van der Waals surface area contributed by atoms with Crippen LogP contribution in [-0.2, 0) is 6.42 Å². The molecule has 0 amide bonds. The average molecular weight is 343 g/mol. The molecule has 3 heterocycles. The Kier molecular flexibility index (Phi) is 4.59. The molecule has 1 atom stereocenters. The Hall–Kier alpha value is -2.84. The minimum atomic E-state index is 0.556. The molecule has 0 aliphatic carbocycles. The number of nitrogens with zero attached hydrogens (tertiary/aromatic N) is 5. The molecule has 0 saturated carbocycles. The van der Waals surface area contributed by atoms with E-state index in [1.54, 1.807) is 12.4 Å². The Morgan fingerprint density at radius 1 is 1.15 bits per heavy atom. The maximum Gasteiger partial charge on any atom is 0.101 e. The number of fused-ring (bicyclic) bond motifs is 1. The molecule has 130 valence electrons. The molecule has 1 fully saturated rings. The predicted octanol–water partition coefficient (Wildman–Crippen LogP) is 3.59. The molecule has 5 nitrogen and oxygen atoms in total. The normalized spacial score (nSPS) is 17.5. The van der Waals surface area contributed by atoms with E-state index in [4.69, 9.17) is 5.26 Å². The maximum atomic E-state index is 9.04. The first-order chi connectivity index (χ1) is 12.7. The first-order valence-corrected chi connectivity index (χ1v) is 9.09. The maximum absolute atomic E-state index is 9.04. The first-order valence-electron chi connectivity index (χ1n) is 9.09. The molecular weight excluding hydrogens is 322 g/mol. The molecule has 0 N–H and O–H groups in total. The average Bonchev–Trinajstić information content (AvgIpc) is 3.10. The monoisotopic (exact) mass is 343 g/mol. The fourth-order valence-electron chi connectivity index (χ4n) is 3.62. The minimum absolute atomic E-state index is 0.556. The van der Waals surface area contributed by atoms with Crippen molar-refractivity contribution in [3.63, 3.8) is 0 Å². The van der Waals surface area contributed by atoms with E-state index in [9.17, 15) is 0 Å². The van der Waals surface area contributed by atoms with Crippen molar-refractivity contribution in [2.75, 3.05) is 13.1 Å². The van der Waals surface area contributed by atoms with Crippen LogP contribution >= 0.6 is 0 Å². The molecule has 4 rings (SSSR count). The van der Waals surface area contributed by atoms with E-state index in [1.807, 2.05) is 12.1 Å². The van der Waals surface area contributed by atoms with E-state index in [0.29, 0.717) is 11.6 Å². The molecule has 0 bridgehead atoms. The Labute approximate surface area is 153 Å². The Morgan fingerprint density at radius 2 is 2.08 bits per heavy atom. The number of hydrogen-bond acceptors (Lipinski definition) is 5. The van der Waals surface area contributed by atoms with Crippen molar-refractivity contribution in [1.82, 2.24) is 20.1 Å². The van der Waals surface area contributed by atoms with Crippen molar-refractivity contribution in [2.24, 2.45) is 0 Å². The van der Waals surface area contributed by atoms with Crippen molar-refractivity contribution in [3.8, 4) is 17.2 Å². The zero-order valence-electron chi connectivity index (χ0n) is 14.9. The van der Waals surface area contributed by atoms with Crippen molar-refractivity contribution in [1.29, 1.82) is 5.26 Å². The number of rotatable bonds is 4. The molecule has 5 heteroatoms. The second-order valence-corrected chi connectivity index (χ2v) is 6.96. The van der Waals surface area contributed by atoms with Crippen molar-refractivity contribution in [3.05, 3.63) is 54.0 Å². The van der Waals surface area contributed by atoms with Gasteiger partial charge in [0.2, 0.25) is 0 Å². The number of likely N-dealkylation sites (tertiary alicyclic amines) is 1. The lowest BCUT2D eigenvalue weighted by atomic mass is 10.0. The molecule has 1 saturated heterocycles. The molecule has 0 radical (unpaired) electrons. The largest absolute Gasteiger partial charge is 0.300 e. The lowest BCUT2D eigenvalue weighted by Crippen LogP contribution is -2.29. The van der Waals surface area contributed by atoms with E-state index < -0.39 is 0 Å². The van der Waals surface area contributed by atoms with Gasteiger partial charge in [-0.05, 0) is 50.1 Å². The second kappa shape index (κ2) is 7.19. The van der Waals surface area contributed by atoms with E-state index in [1.165, 1.54) is 19.4 Å². The van der Waals surface area contributed by atoms with Crippen LogP contribution in [0.5, 0.6) is 0 Å². The molecule has 3 aromatic rings. The van der Waals surface area contributed by atoms with E-state index in [2.05, 4.69) is 51.3 Å². The van der Waals surface area contributed by atoms with Gasteiger partial charge in [0.05, 0.1) is 16.8 Å². The van der Waals surface area contributed by atoms with Crippen LogP contribution in [0.1, 0.15) is 31.0 Å². The third kappa shape index (κ3) is 3.42. The van der Waals surface area contributed by atoms with Gasteiger partial charge in [-0.2, -0.15) is 15.5 Å². The van der Waals surface area contributed by atoms with Gasteiger partial charge in [-0.1, -0.05) is 12.1 Å². The summed E-state index contributed by atoms with van der Waals surface area (Å²) >= 11 is 0. The number of pyridine rings is 1. The van der Waals surface area contributed by atoms with Gasteiger partial charge in [0, 0.05) is 42.4 Å². The molecule has 1 aromatic carbocycles. The highest BCUT2D eigenvalue weighted by Crippen LogP contribution is 2.24. The van der Waals surface area contributed by atoms with Crippen LogP contribution in [0.3, 0.4) is 0 Å². The smallest absolute Gasteiger partial charge is 0.101 e. The molecule has 0 spiro atoms. The van der Waals surface area contributed by atoms with Gasteiger partial charge in [-0.3, -0.25) is 4.98 Å². The van der Waals surface area contributed by atoms with Gasteiger partial charge >= 0.3 is 0 Å². The van der Waals surface area contributed by atoms with Crippen molar-refractivity contribution < 1.29 is 0 Å². The summed E-state index contributed by atoms with van der Waals surface area (Å²) in [7, 11) is 0. The van der Waals surface area contributed by atoms with E-state index in [0.717, 1.165) is 40.7 Å². The summed E-state index contributed by atoms with van der Waals surface area (Å²) in [6, 6.07) is 12.9. The van der Waals surface area contributed by atoms with Crippen LogP contribution in [0, 0.1) is 11.3 Å².